The maximum atomic E-state index is 13.5. The summed E-state index contributed by atoms with van der Waals surface area (Å²) in [6, 6.07) is 5.93. The molecule has 1 atom stereocenters. The molecule has 1 unspecified atom stereocenters. The van der Waals surface area contributed by atoms with Gasteiger partial charge in [-0.15, -0.1) is 5.10 Å². The topological polar surface area (TPSA) is 88.5 Å². The third-order valence-corrected chi connectivity index (χ3v) is 6.70. The summed E-state index contributed by atoms with van der Waals surface area (Å²) in [5, 5.41) is 16.8. The summed E-state index contributed by atoms with van der Waals surface area (Å²) in [5.74, 6) is 0.0158. The predicted octanol–water partition coefficient (Wildman–Crippen LogP) is 3.66. The number of benzene rings is 1. The Hall–Kier alpha value is -2.41. The van der Waals surface area contributed by atoms with Gasteiger partial charge >= 0.3 is 0 Å². The number of aromatic nitrogens is 5. The van der Waals surface area contributed by atoms with Crippen LogP contribution in [-0.2, 0) is 16.8 Å². The van der Waals surface area contributed by atoms with Gasteiger partial charge in [0.1, 0.15) is 11.9 Å². The average Bonchev–Trinajstić information content (AvgIpc) is 3.38. The molecular formula is C20H23ClN6O. The molecule has 0 aliphatic heterocycles. The van der Waals surface area contributed by atoms with E-state index in [1.54, 1.807) is 11.0 Å². The molecule has 2 aliphatic rings. The molecule has 28 heavy (non-hydrogen) atoms. The fraction of sp³-hybridized carbons (Fsp3) is 0.500. The number of nitrogens with zero attached hydrogens (tertiary/aromatic N) is 4. The number of aryl methyl sites for hydroxylation is 1. The van der Waals surface area contributed by atoms with Crippen LogP contribution in [0.1, 0.15) is 62.2 Å². The van der Waals surface area contributed by atoms with Gasteiger partial charge in [-0.25, -0.2) is 4.68 Å². The minimum absolute atomic E-state index is 0.0158. The number of carbonyl (C=O) groups excluding carboxylic acids is 1. The van der Waals surface area contributed by atoms with E-state index in [1.165, 1.54) is 5.56 Å². The van der Waals surface area contributed by atoms with Gasteiger partial charge in [0, 0.05) is 11.1 Å². The zero-order valence-corrected chi connectivity index (χ0v) is 16.4. The molecule has 0 spiro atoms. The first kappa shape index (κ1) is 17.7. The summed E-state index contributed by atoms with van der Waals surface area (Å²) in [6.45, 7) is 0. The molecule has 0 bridgehead atoms. The average molecular weight is 399 g/mol. The van der Waals surface area contributed by atoms with Crippen LogP contribution in [-0.4, -0.2) is 31.1 Å². The second-order valence-corrected chi connectivity index (χ2v) is 8.35. The Kier molecular flexibility index (Phi) is 4.34. The number of hydrogen-bond acceptors (Lipinski definition) is 4. The van der Waals surface area contributed by atoms with Crippen LogP contribution in [0.2, 0.25) is 5.02 Å². The van der Waals surface area contributed by atoms with E-state index in [0.29, 0.717) is 0 Å². The van der Waals surface area contributed by atoms with Crippen molar-refractivity contribution in [3.05, 3.63) is 40.8 Å². The summed E-state index contributed by atoms with van der Waals surface area (Å²) in [4.78, 5) is 17.0. The van der Waals surface area contributed by atoms with E-state index in [1.807, 2.05) is 12.1 Å². The molecule has 5 rings (SSSR count). The standard InChI is InChI=1S/C20H23ClN6O/c21-15-8-4-6-13-14-7-5-9-16(18(14)24-17(13)15)23-19(28)20(10-2-1-3-11-20)27-12-22-25-26-27/h4,6,8,12,16,24H,1-3,5,7,9-11H2,(H,23,28). The minimum Gasteiger partial charge on any atom is -0.355 e. The van der Waals surface area contributed by atoms with E-state index >= 15 is 0 Å². The van der Waals surface area contributed by atoms with Crippen molar-refractivity contribution in [3.63, 3.8) is 0 Å². The lowest BCUT2D eigenvalue weighted by atomic mass is 9.80. The SMILES string of the molecule is O=C(NC1CCCc2c1[nH]c1c(Cl)cccc21)C1(n2cnnn2)CCCCC1. The van der Waals surface area contributed by atoms with Crippen molar-refractivity contribution in [2.45, 2.75) is 62.9 Å². The van der Waals surface area contributed by atoms with E-state index < -0.39 is 5.54 Å². The maximum absolute atomic E-state index is 13.5. The van der Waals surface area contributed by atoms with E-state index in [9.17, 15) is 4.79 Å². The third kappa shape index (κ3) is 2.71. The summed E-state index contributed by atoms with van der Waals surface area (Å²) in [5.41, 5.74) is 2.63. The molecule has 7 nitrogen and oxygen atoms in total. The van der Waals surface area contributed by atoms with Crippen molar-refractivity contribution in [1.82, 2.24) is 30.5 Å². The monoisotopic (exact) mass is 398 g/mol. The Labute approximate surface area is 167 Å². The van der Waals surface area contributed by atoms with E-state index in [4.69, 9.17) is 11.6 Å². The van der Waals surface area contributed by atoms with Crippen LogP contribution in [0.25, 0.3) is 10.9 Å². The zero-order chi connectivity index (χ0) is 19.1. The lowest BCUT2D eigenvalue weighted by Crippen LogP contribution is -2.51. The van der Waals surface area contributed by atoms with Gasteiger partial charge in [0.15, 0.2) is 0 Å². The molecule has 1 aromatic carbocycles. The van der Waals surface area contributed by atoms with E-state index in [-0.39, 0.29) is 11.9 Å². The van der Waals surface area contributed by atoms with Crippen molar-refractivity contribution in [2.75, 3.05) is 0 Å². The highest BCUT2D eigenvalue weighted by Crippen LogP contribution is 2.39. The van der Waals surface area contributed by atoms with Crippen LogP contribution < -0.4 is 5.32 Å². The number of rotatable bonds is 3. The molecule has 0 radical (unpaired) electrons. The Bertz CT molecular complexity index is 1010. The lowest BCUT2D eigenvalue weighted by molar-refractivity contribution is -0.133. The van der Waals surface area contributed by atoms with Crippen LogP contribution in [0.15, 0.2) is 24.5 Å². The Balaban J connectivity index is 1.49. The molecule has 2 N–H and O–H groups in total. The number of aromatic amines is 1. The predicted molar refractivity (Wildman–Crippen MR) is 106 cm³/mol. The first-order chi connectivity index (χ1) is 13.7. The number of carbonyl (C=O) groups is 1. The van der Waals surface area contributed by atoms with Crippen LogP contribution in [0.3, 0.4) is 0 Å². The van der Waals surface area contributed by atoms with Gasteiger partial charge in [0.05, 0.1) is 16.6 Å². The van der Waals surface area contributed by atoms with Crippen molar-refractivity contribution >= 4 is 28.4 Å². The molecule has 2 aliphatic carbocycles. The van der Waals surface area contributed by atoms with Crippen molar-refractivity contribution in [1.29, 1.82) is 0 Å². The molecule has 0 saturated heterocycles. The smallest absolute Gasteiger partial charge is 0.248 e. The Morgan fingerprint density at radius 2 is 2.11 bits per heavy atom. The van der Waals surface area contributed by atoms with Crippen LogP contribution >= 0.6 is 11.6 Å². The fourth-order valence-electron chi connectivity index (χ4n) is 4.94. The summed E-state index contributed by atoms with van der Waals surface area (Å²) in [6.07, 6.45) is 9.20. The molecule has 2 heterocycles. The largest absolute Gasteiger partial charge is 0.355 e. The summed E-state index contributed by atoms with van der Waals surface area (Å²) >= 11 is 6.40. The molecule has 1 amide bonds. The van der Waals surface area contributed by atoms with Gasteiger partial charge in [0.25, 0.3) is 0 Å². The number of H-pyrrole nitrogens is 1. The molecule has 2 aromatic heterocycles. The maximum Gasteiger partial charge on any atom is 0.248 e. The molecule has 1 fully saturated rings. The number of hydrogen-bond donors (Lipinski definition) is 2. The van der Waals surface area contributed by atoms with Gasteiger partial charge in [-0.2, -0.15) is 0 Å². The number of tetrazole rings is 1. The quantitative estimate of drug-likeness (QED) is 0.704. The Morgan fingerprint density at radius 3 is 2.89 bits per heavy atom. The number of fused-ring (bicyclic) bond motifs is 3. The zero-order valence-electron chi connectivity index (χ0n) is 15.6. The van der Waals surface area contributed by atoms with Gasteiger partial charge in [-0.05, 0) is 54.2 Å². The van der Waals surface area contributed by atoms with Gasteiger partial charge in [-0.1, -0.05) is 43.0 Å². The van der Waals surface area contributed by atoms with Gasteiger partial charge < -0.3 is 10.3 Å². The summed E-state index contributed by atoms with van der Waals surface area (Å²) in [7, 11) is 0. The van der Waals surface area contributed by atoms with E-state index in [0.717, 1.165) is 73.0 Å². The van der Waals surface area contributed by atoms with Crippen LogP contribution in [0, 0.1) is 0 Å². The second-order valence-electron chi connectivity index (χ2n) is 7.94. The highest BCUT2D eigenvalue weighted by atomic mass is 35.5. The molecule has 3 aromatic rings. The highest BCUT2D eigenvalue weighted by Gasteiger charge is 2.44. The minimum atomic E-state index is -0.691. The molecular weight excluding hydrogens is 376 g/mol. The van der Waals surface area contributed by atoms with E-state index in [2.05, 4.69) is 31.9 Å². The number of amides is 1. The van der Waals surface area contributed by atoms with Gasteiger partial charge in [-0.3, -0.25) is 4.79 Å². The highest BCUT2D eigenvalue weighted by molar-refractivity contribution is 6.35. The first-order valence-electron chi connectivity index (χ1n) is 10.0. The number of halogens is 1. The number of para-hydroxylation sites is 1. The molecule has 8 heteroatoms. The van der Waals surface area contributed by atoms with Crippen molar-refractivity contribution in [2.24, 2.45) is 0 Å². The molecule has 146 valence electrons. The normalized spacial score (nSPS) is 21.4. The van der Waals surface area contributed by atoms with Gasteiger partial charge in [0.2, 0.25) is 5.91 Å². The first-order valence-corrected chi connectivity index (χ1v) is 10.4. The fourth-order valence-corrected chi connectivity index (χ4v) is 5.16. The lowest BCUT2D eigenvalue weighted by Gasteiger charge is -2.37. The van der Waals surface area contributed by atoms with Crippen LogP contribution in [0.5, 0.6) is 0 Å². The second kappa shape index (κ2) is 6.88. The Morgan fingerprint density at radius 1 is 1.25 bits per heavy atom. The molecule has 1 saturated carbocycles. The summed E-state index contributed by atoms with van der Waals surface area (Å²) < 4.78 is 1.66. The third-order valence-electron chi connectivity index (χ3n) is 6.39. The number of nitrogens with one attached hydrogen (secondary N) is 2. The van der Waals surface area contributed by atoms with Crippen molar-refractivity contribution in [3.8, 4) is 0 Å². The van der Waals surface area contributed by atoms with Crippen LogP contribution in [0.4, 0.5) is 0 Å². The van der Waals surface area contributed by atoms with Crippen molar-refractivity contribution < 1.29 is 4.79 Å².